The van der Waals surface area contributed by atoms with Gasteiger partial charge in [-0.2, -0.15) is 0 Å². The Balaban J connectivity index is 1.23. The van der Waals surface area contributed by atoms with Crippen LogP contribution < -0.4 is 10.1 Å². The van der Waals surface area contributed by atoms with Gasteiger partial charge in [0.1, 0.15) is 18.0 Å². The number of fused-ring (bicyclic) bond motifs is 3. The Morgan fingerprint density at radius 2 is 1.79 bits per heavy atom. The second-order valence-corrected chi connectivity index (χ2v) is 10.3. The van der Waals surface area contributed by atoms with Crippen LogP contribution in [-0.2, 0) is 23.4 Å². The zero-order valence-electron chi connectivity index (χ0n) is 21.7. The van der Waals surface area contributed by atoms with Crippen LogP contribution in [0.5, 0.6) is 5.75 Å². The molecule has 0 saturated carbocycles. The summed E-state index contributed by atoms with van der Waals surface area (Å²) in [6.07, 6.45) is 0.666. The number of ether oxygens (including phenoxy) is 2. The van der Waals surface area contributed by atoms with Gasteiger partial charge >= 0.3 is 0 Å². The van der Waals surface area contributed by atoms with E-state index in [9.17, 15) is 14.0 Å². The van der Waals surface area contributed by atoms with Crippen LogP contribution in [0.15, 0.2) is 78.9 Å². The molecule has 1 amide bonds. The van der Waals surface area contributed by atoms with Crippen LogP contribution in [0.4, 0.5) is 4.39 Å². The summed E-state index contributed by atoms with van der Waals surface area (Å²) in [5.41, 5.74) is 2.32. The first-order valence-electron chi connectivity index (χ1n) is 13.1. The summed E-state index contributed by atoms with van der Waals surface area (Å²) in [4.78, 5) is 28.4. The third-order valence-electron chi connectivity index (χ3n) is 7.56. The predicted molar refractivity (Wildman–Crippen MR) is 146 cm³/mol. The fourth-order valence-corrected chi connectivity index (χ4v) is 5.40. The van der Waals surface area contributed by atoms with Crippen molar-refractivity contribution in [2.45, 2.75) is 24.7 Å². The van der Waals surface area contributed by atoms with Crippen molar-refractivity contribution in [2.24, 2.45) is 0 Å². The second kappa shape index (κ2) is 10.3. The molecule has 0 radical (unpaired) electrons. The molecule has 1 saturated heterocycles. The summed E-state index contributed by atoms with van der Waals surface area (Å²) < 4.78 is 26.8. The fourth-order valence-electron chi connectivity index (χ4n) is 5.40. The molecule has 200 valence electrons. The van der Waals surface area contributed by atoms with Crippen LogP contribution in [-0.4, -0.2) is 60.7 Å². The van der Waals surface area contributed by atoms with Gasteiger partial charge < -0.3 is 19.7 Å². The van der Waals surface area contributed by atoms with E-state index >= 15 is 0 Å². The number of carbonyl (C=O) groups is 2. The standard InChI is InChI=1S/C31H30FN3O4/c1-38-26-10-11-27-23(14-26)15-28-30(37)34(18-29(36)35(27)28)17-25(13-21-6-3-2-4-7-21)33-16-22-8-5-9-24(12-22)31(32)19-39-20-31/h2-12,14-15,25,33H,13,16-20H2,1H3/t25-/m0/s1. The lowest BCUT2D eigenvalue weighted by Crippen LogP contribution is -2.50. The van der Waals surface area contributed by atoms with Crippen LogP contribution >= 0.6 is 0 Å². The Labute approximate surface area is 226 Å². The Bertz CT molecular complexity index is 1530. The summed E-state index contributed by atoms with van der Waals surface area (Å²) in [6.45, 7) is 1.00. The first-order chi connectivity index (χ1) is 18.9. The minimum absolute atomic E-state index is 0.00549. The molecule has 6 rings (SSSR count). The monoisotopic (exact) mass is 527 g/mol. The number of rotatable bonds is 9. The average Bonchev–Trinajstić information content (AvgIpc) is 3.33. The van der Waals surface area contributed by atoms with E-state index in [4.69, 9.17) is 9.47 Å². The predicted octanol–water partition coefficient (Wildman–Crippen LogP) is 4.34. The smallest absolute Gasteiger partial charge is 0.271 e. The molecule has 0 aliphatic carbocycles. The van der Waals surface area contributed by atoms with Gasteiger partial charge in [0.15, 0.2) is 5.67 Å². The number of nitrogens with one attached hydrogen (secondary N) is 1. The maximum absolute atomic E-state index is 14.9. The average molecular weight is 528 g/mol. The van der Waals surface area contributed by atoms with Gasteiger partial charge in [-0.1, -0.05) is 54.6 Å². The van der Waals surface area contributed by atoms with Crippen molar-refractivity contribution in [2.75, 3.05) is 33.4 Å². The first-order valence-corrected chi connectivity index (χ1v) is 13.1. The van der Waals surface area contributed by atoms with Gasteiger partial charge in [0, 0.05) is 24.5 Å². The molecule has 7 nitrogen and oxygen atoms in total. The van der Waals surface area contributed by atoms with Crippen LogP contribution in [0.1, 0.15) is 32.0 Å². The third-order valence-corrected chi connectivity index (χ3v) is 7.56. The molecule has 0 bridgehead atoms. The number of carbonyl (C=O) groups excluding carboxylic acids is 2. The minimum atomic E-state index is -1.43. The fraction of sp³-hybridized carbons (Fsp3) is 0.290. The number of benzene rings is 3. The van der Waals surface area contributed by atoms with Gasteiger partial charge in [0.2, 0.25) is 0 Å². The van der Waals surface area contributed by atoms with Gasteiger partial charge in [-0.15, -0.1) is 0 Å². The molecule has 0 spiro atoms. The summed E-state index contributed by atoms with van der Waals surface area (Å²) >= 11 is 0. The molecule has 2 aliphatic heterocycles. The molecular weight excluding hydrogens is 497 g/mol. The van der Waals surface area contributed by atoms with E-state index in [0.717, 1.165) is 16.5 Å². The van der Waals surface area contributed by atoms with E-state index in [1.54, 1.807) is 30.2 Å². The van der Waals surface area contributed by atoms with Crippen molar-refractivity contribution in [3.63, 3.8) is 0 Å². The zero-order chi connectivity index (χ0) is 27.0. The van der Waals surface area contributed by atoms with E-state index in [1.807, 2.05) is 60.7 Å². The van der Waals surface area contributed by atoms with Crippen LogP contribution in [0.3, 0.4) is 0 Å². The summed E-state index contributed by atoms with van der Waals surface area (Å²) in [7, 11) is 1.59. The number of methoxy groups -OCH3 is 1. The number of nitrogens with zero attached hydrogens (tertiary/aromatic N) is 2. The number of aromatic nitrogens is 1. The highest BCUT2D eigenvalue weighted by Crippen LogP contribution is 2.34. The Morgan fingerprint density at radius 1 is 1.00 bits per heavy atom. The topological polar surface area (TPSA) is 72.8 Å². The lowest BCUT2D eigenvalue weighted by molar-refractivity contribution is -0.135. The molecule has 2 aliphatic rings. The molecular formula is C31H30FN3O4. The number of alkyl halides is 1. The van der Waals surface area contributed by atoms with Crippen LogP contribution in [0.25, 0.3) is 10.9 Å². The second-order valence-electron chi connectivity index (χ2n) is 10.3. The van der Waals surface area contributed by atoms with Gasteiger partial charge in [-0.3, -0.25) is 14.2 Å². The first kappa shape index (κ1) is 25.3. The van der Waals surface area contributed by atoms with Gasteiger partial charge in [-0.05, 0) is 47.4 Å². The van der Waals surface area contributed by atoms with Crippen LogP contribution in [0, 0.1) is 0 Å². The quantitative estimate of drug-likeness (QED) is 0.351. The summed E-state index contributed by atoms with van der Waals surface area (Å²) in [5.74, 6) is 0.338. The third kappa shape index (κ3) is 4.93. The summed E-state index contributed by atoms with van der Waals surface area (Å²) in [5, 5.41) is 4.35. The van der Waals surface area contributed by atoms with E-state index in [-0.39, 0.29) is 37.6 Å². The Kier molecular flexibility index (Phi) is 6.66. The van der Waals surface area contributed by atoms with Crippen molar-refractivity contribution in [3.8, 4) is 5.75 Å². The van der Waals surface area contributed by atoms with E-state index in [2.05, 4.69) is 5.32 Å². The lowest BCUT2D eigenvalue weighted by Gasteiger charge is -2.34. The maximum atomic E-state index is 14.9. The van der Waals surface area contributed by atoms with E-state index in [1.165, 1.54) is 4.57 Å². The molecule has 1 aromatic heterocycles. The molecule has 0 unspecified atom stereocenters. The largest absolute Gasteiger partial charge is 0.497 e. The molecule has 3 aromatic carbocycles. The van der Waals surface area contributed by atoms with Gasteiger partial charge in [0.05, 0.1) is 25.8 Å². The number of amides is 1. The molecule has 4 aromatic rings. The van der Waals surface area contributed by atoms with Crippen molar-refractivity contribution in [1.29, 1.82) is 0 Å². The number of hydrogen-bond donors (Lipinski definition) is 1. The van der Waals surface area contributed by atoms with E-state index in [0.29, 0.717) is 42.0 Å². The number of hydrogen-bond acceptors (Lipinski definition) is 5. The van der Waals surface area contributed by atoms with Crippen molar-refractivity contribution in [1.82, 2.24) is 14.8 Å². The Morgan fingerprint density at radius 3 is 2.54 bits per heavy atom. The van der Waals surface area contributed by atoms with E-state index < -0.39 is 5.67 Å². The molecule has 1 N–H and O–H groups in total. The lowest BCUT2D eigenvalue weighted by atomic mass is 9.92. The SMILES string of the molecule is COc1ccc2c(c1)cc1n2C(=O)CN(C[C@H](Cc2ccccc2)NCc2cccc(C3(F)COC3)c2)C1=O. The molecule has 1 fully saturated rings. The maximum Gasteiger partial charge on any atom is 0.271 e. The van der Waals surface area contributed by atoms with Gasteiger partial charge in [0.25, 0.3) is 11.8 Å². The van der Waals surface area contributed by atoms with Crippen molar-refractivity contribution in [3.05, 3.63) is 101 Å². The molecule has 1 atom stereocenters. The molecule has 39 heavy (non-hydrogen) atoms. The highest BCUT2D eigenvalue weighted by molar-refractivity contribution is 6.09. The van der Waals surface area contributed by atoms with Gasteiger partial charge in [-0.25, -0.2) is 4.39 Å². The molecule has 8 heteroatoms. The number of halogens is 1. The molecule has 3 heterocycles. The highest BCUT2D eigenvalue weighted by atomic mass is 19.1. The normalized spacial score (nSPS) is 17.1. The minimum Gasteiger partial charge on any atom is -0.497 e. The van der Waals surface area contributed by atoms with Crippen molar-refractivity contribution >= 4 is 22.7 Å². The Hall–Kier alpha value is -4.01. The zero-order valence-corrected chi connectivity index (χ0v) is 21.7. The van der Waals surface area contributed by atoms with Crippen molar-refractivity contribution < 1.29 is 23.5 Å². The summed E-state index contributed by atoms with van der Waals surface area (Å²) in [6, 6.07) is 24.6. The highest BCUT2D eigenvalue weighted by Gasteiger charge is 2.40. The van der Waals surface area contributed by atoms with Crippen LogP contribution in [0.2, 0.25) is 0 Å².